The van der Waals surface area contributed by atoms with Crippen molar-refractivity contribution < 1.29 is 0 Å². The van der Waals surface area contributed by atoms with Crippen LogP contribution in [0.5, 0.6) is 0 Å². The summed E-state index contributed by atoms with van der Waals surface area (Å²) in [6.07, 6.45) is 11.4. The van der Waals surface area contributed by atoms with Gasteiger partial charge in [0.15, 0.2) is 0 Å². The van der Waals surface area contributed by atoms with Crippen molar-refractivity contribution in [2.45, 2.75) is 58.0 Å². The zero-order valence-corrected chi connectivity index (χ0v) is 12.7. The normalized spacial score (nSPS) is 17.3. The molecule has 0 radical (unpaired) electrons. The number of hydrogen-bond donors (Lipinski definition) is 1. The molecule has 0 amide bonds. The molecule has 1 atom stereocenters. The van der Waals surface area contributed by atoms with Crippen molar-refractivity contribution in [1.82, 2.24) is 15.1 Å². The van der Waals surface area contributed by atoms with Gasteiger partial charge in [-0.1, -0.05) is 30.2 Å². The second-order valence-electron chi connectivity index (χ2n) is 5.25. The Morgan fingerprint density at radius 3 is 2.95 bits per heavy atom. The largest absolute Gasteiger partial charge is 0.311 e. The molecule has 0 aromatic carbocycles. The Kier molecular flexibility index (Phi) is 5.46. The van der Waals surface area contributed by atoms with E-state index in [9.17, 15) is 0 Å². The number of hydrogen-bond acceptors (Lipinski definition) is 2. The van der Waals surface area contributed by atoms with Gasteiger partial charge in [0.2, 0.25) is 0 Å². The van der Waals surface area contributed by atoms with Gasteiger partial charge in [-0.2, -0.15) is 5.10 Å². The van der Waals surface area contributed by atoms with Crippen molar-refractivity contribution in [3.8, 4) is 0 Å². The fourth-order valence-corrected chi connectivity index (χ4v) is 3.07. The molecule has 1 unspecified atom stereocenters. The maximum atomic E-state index is 6.33. The van der Waals surface area contributed by atoms with Gasteiger partial charge in [0, 0.05) is 6.54 Å². The Bertz CT molecular complexity index is 437. The number of allylic oxidation sites excluding steroid dienone is 1. The lowest BCUT2D eigenvalue weighted by molar-refractivity contribution is 0.487. The van der Waals surface area contributed by atoms with Gasteiger partial charge in [-0.05, 0) is 45.6 Å². The van der Waals surface area contributed by atoms with E-state index in [1.807, 2.05) is 11.7 Å². The fraction of sp³-hybridized carbons (Fsp3) is 0.667. The van der Waals surface area contributed by atoms with Crippen LogP contribution in [-0.2, 0) is 6.54 Å². The minimum Gasteiger partial charge on any atom is -0.311 e. The third-order valence-corrected chi connectivity index (χ3v) is 4.09. The second-order valence-corrected chi connectivity index (χ2v) is 5.66. The molecule has 0 aliphatic heterocycles. The summed E-state index contributed by atoms with van der Waals surface area (Å²) < 4.78 is 2.05. The monoisotopic (exact) mass is 281 g/mol. The molecule has 0 saturated heterocycles. The second kappa shape index (κ2) is 7.11. The van der Waals surface area contributed by atoms with E-state index in [0.29, 0.717) is 0 Å². The van der Waals surface area contributed by atoms with Crippen molar-refractivity contribution >= 4 is 11.6 Å². The van der Waals surface area contributed by atoms with Crippen LogP contribution in [0.4, 0.5) is 0 Å². The lowest BCUT2D eigenvalue weighted by atomic mass is 9.93. The number of nitrogens with zero attached hydrogens (tertiary/aromatic N) is 2. The molecule has 1 heterocycles. The van der Waals surface area contributed by atoms with Crippen molar-refractivity contribution in [2.75, 3.05) is 7.05 Å². The Balaban J connectivity index is 2.16. The molecule has 19 heavy (non-hydrogen) atoms. The zero-order chi connectivity index (χ0) is 13.7. The maximum Gasteiger partial charge on any atom is 0.0834 e. The van der Waals surface area contributed by atoms with Crippen LogP contribution in [-0.4, -0.2) is 16.8 Å². The molecule has 1 N–H and O–H groups in total. The van der Waals surface area contributed by atoms with E-state index < -0.39 is 0 Å². The molecule has 1 aromatic rings. The van der Waals surface area contributed by atoms with Gasteiger partial charge in [0.1, 0.15) is 0 Å². The number of aryl methyl sites for hydroxylation is 1. The molecule has 0 bridgehead atoms. The first kappa shape index (κ1) is 14.6. The van der Waals surface area contributed by atoms with Gasteiger partial charge in [-0.25, -0.2) is 0 Å². The first-order valence-corrected chi connectivity index (χ1v) is 7.70. The summed E-state index contributed by atoms with van der Waals surface area (Å²) in [4.78, 5) is 0. The molecule has 1 aromatic heterocycles. The van der Waals surface area contributed by atoms with Crippen LogP contribution < -0.4 is 5.32 Å². The quantitative estimate of drug-likeness (QED) is 0.796. The molecule has 1 aliphatic carbocycles. The lowest BCUT2D eigenvalue weighted by Gasteiger charge is -2.22. The van der Waals surface area contributed by atoms with E-state index >= 15 is 0 Å². The molecule has 0 fully saturated rings. The Labute approximate surface area is 121 Å². The van der Waals surface area contributed by atoms with E-state index in [2.05, 4.69) is 23.4 Å². The van der Waals surface area contributed by atoms with Gasteiger partial charge in [0.05, 0.1) is 23.0 Å². The van der Waals surface area contributed by atoms with E-state index in [0.717, 1.165) is 30.1 Å². The van der Waals surface area contributed by atoms with Crippen LogP contribution in [0.25, 0.3) is 0 Å². The smallest absolute Gasteiger partial charge is 0.0834 e. The Hall–Kier alpha value is -0.800. The molecular formula is C15H24ClN3. The van der Waals surface area contributed by atoms with E-state index in [4.69, 9.17) is 11.6 Å². The van der Waals surface area contributed by atoms with Crippen LogP contribution in [0, 0.1) is 0 Å². The van der Waals surface area contributed by atoms with Gasteiger partial charge in [-0.3, -0.25) is 4.68 Å². The summed E-state index contributed by atoms with van der Waals surface area (Å²) in [5.74, 6) is 0. The Morgan fingerprint density at radius 1 is 1.47 bits per heavy atom. The SMILES string of the molecule is CCCn1ncc(Cl)c1C(CC1=CCCCC1)NC. The Morgan fingerprint density at radius 2 is 2.32 bits per heavy atom. The van der Waals surface area contributed by atoms with Gasteiger partial charge in [0.25, 0.3) is 0 Å². The molecule has 106 valence electrons. The zero-order valence-electron chi connectivity index (χ0n) is 12.0. The highest BCUT2D eigenvalue weighted by Crippen LogP contribution is 2.31. The minimum absolute atomic E-state index is 0.269. The molecule has 4 heteroatoms. The van der Waals surface area contributed by atoms with Crippen LogP contribution in [0.2, 0.25) is 5.02 Å². The van der Waals surface area contributed by atoms with Crippen LogP contribution >= 0.6 is 11.6 Å². The highest BCUT2D eigenvalue weighted by Gasteiger charge is 2.20. The summed E-state index contributed by atoms with van der Waals surface area (Å²) in [5, 5.41) is 8.58. The minimum atomic E-state index is 0.269. The predicted octanol–water partition coefficient (Wildman–Crippen LogP) is 4.10. The fourth-order valence-electron chi connectivity index (χ4n) is 2.80. The van der Waals surface area contributed by atoms with Crippen molar-refractivity contribution in [3.63, 3.8) is 0 Å². The number of rotatable bonds is 6. The molecule has 0 spiro atoms. The van der Waals surface area contributed by atoms with Crippen LogP contribution in [0.15, 0.2) is 17.8 Å². The number of halogens is 1. The first-order valence-electron chi connectivity index (χ1n) is 7.32. The lowest BCUT2D eigenvalue weighted by Crippen LogP contribution is -2.22. The highest BCUT2D eigenvalue weighted by atomic mass is 35.5. The van der Waals surface area contributed by atoms with Gasteiger partial charge < -0.3 is 5.32 Å². The summed E-state index contributed by atoms with van der Waals surface area (Å²) in [6.45, 7) is 3.09. The third kappa shape index (κ3) is 3.61. The van der Waals surface area contributed by atoms with Crippen molar-refractivity contribution in [1.29, 1.82) is 0 Å². The van der Waals surface area contributed by atoms with Crippen LogP contribution in [0.3, 0.4) is 0 Å². The molecular weight excluding hydrogens is 258 g/mol. The van der Waals surface area contributed by atoms with E-state index in [1.165, 1.54) is 25.7 Å². The summed E-state index contributed by atoms with van der Waals surface area (Å²) in [6, 6.07) is 0.269. The predicted molar refractivity (Wildman–Crippen MR) is 80.5 cm³/mol. The third-order valence-electron chi connectivity index (χ3n) is 3.80. The summed E-state index contributed by atoms with van der Waals surface area (Å²) >= 11 is 6.33. The van der Waals surface area contributed by atoms with E-state index in [-0.39, 0.29) is 6.04 Å². The summed E-state index contributed by atoms with van der Waals surface area (Å²) in [5.41, 5.74) is 2.70. The molecule has 3 nitrogen and oxygen atoms in total. The molecule has 0 saturated carbocycles. The van der Waals surface area contributed by atoms with E-state index in [1.54, 1.807) is 11.8 Å². The van der Waals surface area contributed by atoms with Gasteiger partial charge in [-0.15, -0.1) is 0 Å². The average molecular weight is 282 g/mol. The topological polar surface area (TPSA) is 29.9 Å². The van der Waals surface area contributed by atoms with Crippen molar-refractivity contribution in [2.24, 2.45) is 0 Å². The summed E-state index contributed by atoms with van der Waals surface area (Å²) in [7, 11) is 2.01. The number of nitrogens with one attached hydrogen (secondary N) is 1. The average Bonchev–Trinajstić information content (AvgIpc) is 2.79. The van der Waals surface area contributed by atoms with Gasteiger partial charge >= 0.3 is 0 Å². The standard InChI is InChI=1S/C15H24ClN3/c1-3-9-19-15(13(16)11-18-19)14(17-2)10-12-7-5-4-6-8-12/h7,11,14,17H,3-6,8-10H2,1-2H3. The molecule has 2 rings (SSSR count). The maximum absolute atomic E-state index is 6.33. The molecule has 1 aliphatic rings. The van der Waals surface area contributed by atoms with Crippen molar-refractivity contribution in [3.05, 3.63) is 28.6 Å². The first-order chi connectivity index (χ1) is 9.26. The van der Waals surface area contributed by atoms with Crippen LogP contribution in [0.1, 0.15) is 57.2 Å². The number of aromatic nitrogens is 2. The highest BCUT2D eigenvalue weighted by molar-refractivity contribution is 6.31.